The van der Waals surface area contributed by atoms with E-state index < -0.39 is 17.8 Å². The largest absolute Gasteiger partial charge is 0.416 e. The van der Waals surface area contributed by atoms with Crippen LogP contribution in [0.25, 0.3) is 0 Å². The van der Waals surface area contributed by atoms with Crippen molar-refractivity contribution in [3.63, 3.8) is 0 Å². The van der Waals surface area contributed by atoms with Crippen LogP contribution in [-0.2, 0) is 12.6 Å². The summed E-state index contributed by atoms with van der Waals surface area (Å²) in [4.78, 5) is 12.0. The minimum atomic E-state index is -4.46. The molecule has 0 aliphatic rings. The predicted molar refractivity (Wildman–Crippen MR) is 109 cm³/mol. The number of hydrogen-bond acceptors (Lipinski definition) is 5. The molecule has 2 N–H and O–H groups in total. The maximum Gasteiger partial charge on any atom is 0.416 e. The monoisotopic (exact) mass is 432 g/mol. The van der Waals surface area contributed by atoms with Gasteiger partial charge in [0.25, 0.3) is 0 Å². The number of urea groups is 1. The zero-order valence-electron chi connectivity index (χ0n) is 15.5. The van der Waals surface area contributed by atoms with Gasteiger partial charge in [-0.05, 0) is 42.5 Å². The van der Waals surface area contributed by atoms with Gasteiger partial charge < -0.3 is 5.32 Å². The lowest BCUT2D eigenvalue weighted by molar-refractivity contribution is -0.137. The van der Waals surface area contributed by atoms with Crippen LogP contribution in [-0.4, -0.2) is 27.7 Å². The molecule has 2 amide bonds. The van der Waals surface area contributed by atoms with Crippen molar-refractivity contribution in [3.8, 4) is 0 Å². The van der Waals surface area contributed by atoms with E-state index in [-0.39, 0.29) is 5.69 Å². The molecule has 1 heterocycles. The number of carbonyl (C=O) groups excluding carboxylic acids is 1. The first kappa shape index (κ1) is 22.5. The number of aromatic nitrogens is 2. The Kier molecular flexibility index (Phi) is 9.04. The number of nitrogens with one attached hydrogen (secondary N) is 2. The minimum absolute atomic E-state index is 0.0540. The van der Waals surface area contributed by atoms with E-state index in [1.807, 2.05) is 11.8 Å². The van der Waals surface area contributed by atoms with Crippen LogP contribution in [0.15, 0.2) is 24.3 Å². The number of unbranched alkanes of at least 4 members (excludes halogenated alkanes) is 3. The van der Waals surface area contributed by atoms with Gasteiger partial charge in [-0.1, -0.05) is 37.2 Å². The van der Waals surface area contributed by atoms with Crippen molar-refractivity contribution in [1.29, 1.82) is 0 Å². The van der Waals surface area contributed by atoms with Gasteiger partial charge in [0.2, 0.25) is 5.13 Å². The molecule has 0 atom stereocenters. The molecule has 0 saturated carbocycles. The molecule has 0 bridgehead atoms. The Hall–Kier alpha value is -1.81. The first-order valence-electron chi connectivity index (χ1n) is 9.04. The van der Waals surface area contributed by atoms with E-state index in [4.69, 9.17) is 0 Å². The number of nitrogens with zero attached hydrogens (tertiary/aromatic N) is 2. The van der Waals surface area contributed by atoms with Crippen LogP contribution in [0.3, 0.4) is 0 Å². The maximum atomic E-state index is 12.7. The van der Waals surface area contributed by atoms with Crippen molar-refractivity contribution in [2.24, 2.45) is 0 Å². The van der Waals surface area contributed by atoms with Crippen molar-refractivity contribution >= 4 is 39.9 Å². The molecule has 2 aromatic rings. The Labute approximate surface area is 170 Å². The Morgan fingerprint density at radius 2 is 1.93 bits per heavy atom. The van der Waals surface area contributed by atoms with Crippen molar-refractivity contribution in [1.82, 2.24) is 10.2 Å². The number of thioether (sulfide) groups is 1. The molecule has 28 heavy (non-hydrogen) atoms. The third-order valence-corrected chi connectivity index (χ3v) is 5.65. The lowest BCUT2D eigenvalue weighted by Gasteiger charge is -2.09. The van der Waals surface area contributed by atoms with Crippen LogP contribution in [0.5, 0.6) is 0 Å². The van der Waals surface area contributed by atoms with Crippen molar-refractivity contribution < 1.29 is 18.0 Å². The van der Waals surface area contributed by atoms with E-state index >= 15 is 0 Å². The third kappa shape index (κ3) is 8.05. The number of rotatable bonds is 10. The van der Waals surface area contributed by atoms with Crippen molar-refractivity contribution in [2.45, 2.75) is 45.2 Å². The third-order valence-electron chi connectivity index (χ3n) is 3.77. The molecular weight excluding hydrogens is 409 g/mol. The number of benzene rings is 1. The van der Waals surface area contributed by atoms with Gasteiger partial charge in [-0.2, -0.15) is 24.9 Å². The summed E-state index contributed by atoms with van der Waals surface area (Å²) in [6, 6.07) is 3.80. The average molecular weight is 433 g/mol. The lowest BCUT2D eigenvalue weighted by Crippen LogP contribution is -2.19. The number of halogens is 3. The topological polar surface area (TPSA) is 66.9 Å². The van der Waals surface area contributed by atoms with Gasteiger partial charge in [-0.25, -0.2) is 4.79 Å². The van der Waals surface area contributed by atoms with Gasteiger partial charge >= 0.3 is 12.2 Å². The first-order chi connectivity index (χ1) is 13.4. The SMILES string of the molecule is CCSCCCCCCc1nnc(NC(=O)Nc2cccc(C(F)(F)F)c2)s1. The summed E-state index contributed by atoms with van der Waals surface area (Å²) in [5, 5.41) is 14.0. The number of hydrogen-bond donors (Lipinski definition) is 2. The molecule has 0 unspecified atom stereocenters. The molecule has 10 heteroatoms. The van der Waals surface area contributed by atoms with Crippen LogP contribution < -0.4 is 10.6 Å². The Balaban J connectivity index is 1.75. The molecule has 0 aliphatic carbocycles. The fourth-order valence-corrected chi connectivity index (χ4v) is 3.89. The van der Waals surface area contributed by atoms with E-state index in [0.717, 1.165) is 42.2 Å². The summed E-state index contributed by atoms with van der Waals surface area (Å²) in [6.07, 6.45) is 0.893. The minimum Gasteiger partial charge on any atom is -0.308 e. The van der Waals surface area contributed by atoms with E-state index in [0.29, 0.717) is 5.13 Å². The summed E-state index contributed by atoms with van der Waals surface area (Å²) >= 11 is 3.22. The van der Waals surface area contributed by atoms with Crippen LogP contribution >= 0.6 is 23.1 Å². The standard InChI is InChI=1S/C18H23F3N4OS2/c1-2-27-11-6-4-3-5-10-15-24-25-17(28-15)23-16(26)22-14-9-7-8-13(12-14)18(19,20)21/h7-9,12H,2-6,10-11H2,1H3,(H2,22,23,25,26). The molecule has 2 rings (SSSR count). The second-order valence-corrected chi connectivity index (χ2v) is 8.48. The van der Waals surface area contributed by atoms with Gasteiger partial charge in [0.1, 0.15) is 5.01 Å². The first-order valence-corrected chi connectivity index (χ1v) is 11.0. The highest BCUT2D eigenvalue weighted by molar-refractivity contribution is 7.99. The molecule has 5 nitrogen and oxygen atoms in total. The summed E-state index contributed by atoms with van der Waals surface area (Å²) in [5.41, 5.74) is -0.768. The van der Waals surface area contributed by atoms with Gasteiger partial charge in [0.05, 0.1) is 5.56 Å². The molecule has 0 fully saturated rings. The zero-order valence-corrected chi connectivity index (χ0v) is 17.1. The fourth-order valence-electron chi connectivity index (χ4n) is 2.42. The van der Waals surface area contributed by atoms with Gasteiger partial charge in [-0.3, -0.25) is 5.32 Å². The molecule has 154 valence electrons. The normalized spacial score (nSPS) is 11.4. The number of anilines is 2. The van der Waals surface area contributed by atoms with Crippen LogP contribution in [0.4, 0.5) is 28.8 Å². The summed E-state index contributed by atoms with van der Waals surface area (Å²) in [6.45, 7) is 2.16. The predicted octanol–water partition coefficient (Wildman–Crippen LogP) is 6.06. The smallest absolute Gasteiger partial charge is 0.308 e. The highest BCUT2D eigenvalue weighted by atomic mass is 32.2. The van der Waals surface area contributed by atoms with Crippen LogP contribution in [0, 0.1) is 0 Å². The average Bonchev–Trinajstić information content (AvgIpc) is 3.07. The number of amides is 2. The number of aryl methyl sites for hydroxylation is 1. The number of carbonyl (C=O) groups is 1. The van der Waals surface area contributed by atoms with Gasteiger partial charge in [0.15, 0.2) is 0 Å². The van der Waals surface area contributed by atoms with Crippen molar-refractivity contribution in [2.75, 3.05) is 22.1 Å². The van der Waals surface area contributed by atoms with Gasteiger partial charge in [0, 0.05) is 12.1 Å². The molecule has 1 aromatic carbocycles. The highest BCUT2D eigenvalue weighted by Crippen LogP contribution is 2.30. The van der Waals surface area contributed by atoms with E-state index in [9.17, 15) is 18.0 Å². The Morgan fingerprint density at radius 3 is 2.68 bits per heavy atom. The molecule has 0 saturated heterocycles. The molecule has 1 aromatic heterocycles. The highest BCUT2D eigenvalue weighted by Gasteiger charge is 2.30. The second kappa shape index (κ2) is 11.3. The zero-order chi connectivity index (χ0) is 20.4. The van der Waals surface area contributed by atoms with Crippen LogP contribution in [0.1, 0.15) is 43.2 Å². The van der Waals surface area contributed by atoms with Crippen LogP contribution in [0.2, 0.25) is 0 Å². The maximum absolute atomic E-state index is 12.7. The fraction of sp³-hybridized carbons (Fsp3) is 0.500. The number of alkyl halides is 3. The Bertz CT molecular complexity index is 752. The van der Waals surface area contributed by atoms with E-state index in [2.05, 4.69) is 27.8 Å². The summed E-state index contributed by atoms with van der Waals surface area (Å²) < 4.78 is 38.1. The summed E-state index contributed by atoms with van der Waals surface area (Å²) in [7, 11) is 0. The second-order valence-electron chi connectivity index (χ2n) is 6.02. The molecule has 0 aliphatic heterocycles. The summed E-state index contributed by atoms with van der Waals surface area (Å²) in [5.74, 6) is 2.35. The van der Waals surface area contributed by atoms with Gasteiger partial charge in [-0.15, -0.1) is 10.2 Å². The van der Waals surface area contributed by atoms with E-state index in [1.54, 1.807) is 0 Å². The molecule has 0 radical (unpaired) electrons. The molecular formula is C18H23F3N4OS2. The van der Waals surface area contributed by atoms with Crippen molar-refractivity contribution in [3.05, 3.63) is 34.8 Å². The lowest BCUT2D eigenvalue weighted by atomic mass is 10.2. The Morgan fingerprint density at radius 1 is 1.14 bits per heavy atom. The molecule has 0 spiro atoms. The van der Waals surface area contributed by atoms with E-state index in [1.165, 1.54) is 42.1 Å². The quantitative estimate of drug-likeness (QED) is 0.448.